The fraction of sp³-hybridized carbons (Fsp3) is 0.200. The molecule has 0 fully saturated rings. The lowest BCUT2D eigenvalue weighted by Gasteiger charge is -2.18. The van der Waals surface area contributed by atoms with Crippen LogP contribution in [0, 0.1) is 0 Å². The van der Waals surface area contributed by atoms with E-state index in [1.807, 2.05) is 24.3 Å². The monoisotopic (exact) mass is 365 g/mol. The van der Waals surface area contributed by atoms with Crippen molar-refractivity contribution in [3.63, 3.8) is 0 Å². The average Bonchev–Trinajstić information content (AvgIpc) is 2.70. The molecular formula is C15H12BrNO3S. The molecule has 2 atom stereocenters. The Balaban J connectivity index is 1.89. The molecule has 0 saturated heterocycles. The molecule has 0 spiro atoms. The zero-order chi connectivity index (χ0) is 14.6. The highest BCUT2D eigenvalue weighted by atomic mass is 79.9. The van der Waals surface area contributed by atoms with Gasteiger partial charge in [-0.1, -0.05) is 40.2 Å². The van der Waals surface area contributed by atoms with Gasteiger partial charge in [-0.15, -0.1) is 0 Å². The van der Waals surface area contributed by atoms with Crippen LogP contribution in [0.15, 0.2) is 51.8 Å². The number of rotatable bonds is 0. The first-order chi connectivity index (χ1) is 10.0. The van der Waals surface area contributed by atoms with E-state index in [2.05, 4.69) is 20.7 Å². The predicted octanol–water partition coefficient (Wildman–Crippen LogP) is 2.79. The second kappa shape index (κ2) is 4.56. The summed E-state index contributed by atoms with van der Waals surface area (Å²) in [5.41, 5.74) is 2.19. The van der Waals surface area contributed by atoms with Gasteiger partial charge in [0.2, 0.25) is 10.0 Å². The fourth-order valence-corrected chi connectivity index (χ4v) is 4.69. The van der Waals surface area contributed by atoms with Crippen molar-refractivity contribution in [3.05, 3.63) is 58.1 Å². The summed E-state index contributed by atoms with van der Waals surface area (Å²) in [7, 11) is -3.56. The van der Waals surface area contributed by atoms with E-state index in [9.17, 15) is 8.42 Å². The Kier molecular flexibility index (Phi) is 2.89. The van der Waals surface area contributed by atoms with Crippen LogP contribution in [0.25, 0.3) is 0 Å². The Bertz CT molecular complexity index is 835. The van der Waals surface area contributed by atoms with Crippen molar-refractivity contribution in [2.45, 2.75) is 23.5 Å². The van der Waals surface area contributed by atoms with E-state index in [4.69, 9.17) is 4.74 Å². The van der Waals surface area contributed by atoms with Gasteiger partial charge in [-0.05, 0) is 35.7 Å². The Labute approximate surface area is 131 Å². The Morgan fingerprint density at radius 3 is 2.86 bits per heavy atom. The topological polar surface area (TPSA) is 55.4 Å². The van der Waals surface area contributed by atoms with E-state index in [0.717, 1.165) is 15.6 Å². The van der Waals surface area contributed by atoms with Crippen LogP contribution in [-0.2, 0) is 16.4 Å². The fourth-order valence-electron chi connectivity index (χ4n) is 3.00. The van der Waals surface area contributed by atoms with Crippen LogP contribution in [0.1, 0.15) is 17.2 Å². The highest BCUT2D eigenvalue weighted by Gasteiger charge is 2.40. The Hall–Kier alpha value is -1.37. The van der Waals surface area contributed by atoms with E-state index in [-0.39, 0.29) is 17.0 Å². The molecule has 6 heteroatoms. The Morgan fingerprint density at radius 2 is 2.00 bits per heavy atom. The number of nitrogens with one attached hydrogen (secondary N) is 1. The van der Waals surface area contributed by atoms with Crippen LogP contribution in [-0.4, -0.2) is 14.5 Å². The summed E-state index contributed by atoms with van der Waals surface area (Å²) >= 11 is 3.36. The van der Waals surface area contributed by atoms with Gasteiger partial charge in [0.05, 0.1) is 6.04 Å². The van der Waals surface area contributed by atoms with Gasteiger partial charge in [-0.25, -0.2) is 13.1 Å². The summed E-state index contributed by atoms with van der Waals surface area (Å²) in [5.74, 6) is 0.390. The zero-order valence-corrected chi connectivity index (χ0v) is 13.3. The van der Waals surface area contributed by atoms with E-state index in [1.54, 1.807) is 18.2 Å². The molecule has 21 heavy (non-hydrogen) atoms. The molecular weight excluding hydrogens is 354 g/mol. The molecule has 0 unspecified atom stereocenters. The van der Waals surface area contributed by atoms with Crippen LogP contribution in [0.2, 0.25) is 0 Å². The summed E-state index contributed by atoms with van der Waals surface area (Å²) in [4.78, 5) is 0.192. The first-order valence-corrected chi connectivity index (χ1v) is 8.88. The molecule has 4 nitrogen and oxygen atoms in total. The molecule has 0 saturated carbocycles. The molecule has 2 aliphatic rings. The van der Waals surface area contributed by atoms with Crippen molar-refractivity contribution in [1.29, 1.82) is 0 Å². The predicted molar refractivity (Wildman–Crippen MR) is 81.8 cm³/mol. The van der Waals surface area contributed by atoms with Crippen molar-refractivity contribution in [2.24, 2.45) is 0 Å². The number of benzene rings is 2. The molecule has 1 aliphatic carbocycles. The number of sulfonamides is 1. The molecule has 0 aromatic heterocycles. The minimum atomic E-state index is -3.56. The number of hydrogen-bond donors (Lipinski definition) is 1. The summed E-state index contributed by atoms with van der Waals surface area (Å²) in [6.45, 7) is 0. The minimum absolute atomic E-state index is 0.192. The largest absolute Gasteiger partial charge is 0.483 e. The second-order valence-corrected chi connectivity index (χ2v) is 7.86. The lowest BCUT2D eigenvalue weighted by molar-refractivity contribution is 0.180. The lowest BCUT2D eigenvalue weighted by Crippen LogP contribution is -2.37. The number of fused-ring (bicyclic) bond motifs is 4. The van der Waals surface area contributed by atoms with Crippen LogP contribution < -0.4 is 9.46 Å². The maximum Gasteiger partial charge on any atom is 0.244 e. The third kappa shape index (κ3) is 2.09. The van der Waals surface area contributed by atoms with Gasteiger partial charge in [0.15, 0.2) is 0 Å². The molecule has 2 aromatic carbocycles. The minimum Gasteiger partial charge on any atom is -0.483 e. The smallest absolute Gasteiger partial charge is 0.244 e. The quantitative estimate of drug-likeness (QED) is 0.780. The number of ether oxygens (including phenoxy) is 1. The third-order valence-electron chi connectivity index (χ3n) is 3.92. The number of halogens is 1. The summed E-state index contributed by atoms with van der Waals surface area (Å²) < 4.78 is 34.6. The van der Waals surface area contributed by atoms with E-state index >= 15 is 0 Å². The van der Waals surface area contributed by atoms with E-state index in [0.29, 0.717) is 12.2 Å². The lowest BCUT2D eigenvalue weighted by atomic mass is 10.1. The zero-order valence-electron chi connectivity index (χ0n) is 10.9. The molecule has 0 bridgehead atoms. The highest BCUT2D eigenvalue weighted by Crippen LogP contribution is 2.41. The maximum atomic E-state index is 12.5. The first kappa shape index (κ1) is 13.3. The molecule has 1 N–H and O–H groups in total. The van der Waals surface area contributed by atoms with Gasteiger partial charge in [-0.3, -0.25) is 0 Å². The van der Waals surface area contributed by atoms with E-state index < -0.39 is 10.0 Å². The van der Waals surface area contributed by atoms with Crippen LogP contribution in [0.3, 0.4) is 0 Å². The molecule has 1 heterocycles. The number of hydrogen-bond acceptors (Lipinski definition) is 3. The van der Waals surface area contributed by atoms with Crippen LogP contribution in [0.4, 0.5) is 0 Å². The summed E-state index contributed by atoms with van der Waals surface area (Å²) in [6.07, 6.45) is 0.362. The van der Waals surface area contributed by atoms with Crippen LogP contribution in [0.5, 0.6) is 5.75 Å². The van der Waals surface area contributed by atoms with Crippen molar-refractivity contribution in [1.82, 2.24) is 4.72 Å². The molecule has 4 rings (SSSR count). The van der Waals surface area contributed by atoms with Crippen LogP contribution >= 0.6 is 15.9 Å². The highest BCUT2D eigenvalue weighted by molar-refractivity contribution is 9.10. The SMILES string of the molecule is O=S1(=O)N[C@@H]2Cc3ccccc3[C@H]2Oc2cc(Br)ccc21. The maximum absolute atomic E-state index is 12.5. The van der Waals surface area contributed by atoms with Gasteiger partial charge in [0.25, 0.3) is 0 Å². The van der Waals surface area contributed by atoms with Crippen molar-refractivity contribution in [3.8, 4) is 5.75 Å². The van der Waals surface area contributed by atoms with Crippen molar-refractivity contribution in [2.75, 3.05) is 0 Å². The van der Waals surface area contributed by atoms with Crippen molar-refractivity contribution >= 4 is 26.0 Å². The first-order valence-electron chi connectivity index (χ1n) is 6.61. The Morgan fingerprint density at radius 1 is 1.19 bits per heavy atom. The molecule has 2 aromatic rings. The third-order valence-corrected chi connectivity index (χ3v) is 5.95. The summed E-state index contributed by atoms with van der Waals surface area (Å²) in [5, 5.41) is 0. The van der Waals surface area contributed by atoms with Gasteiger partial charge < -0.3 is 4.74 Å². The van der Waals surface area contributed by atoms with Gasteiger partial charge >= 0.3 is 0 Å². The molecule has 0 radical (unpaired) electrons. The van der Waals surface area contributed by atoms with E-state index in [1.165, 1.54) is 0 Å². The summed E-state index contributed by atoms with van der Waals surface area (Å²) in [6, 6.07) is 12.6. The van der Waals surface area contributed by atoms with Gasteiger partial charge in [0, 0.05) is 4.47 Å². The average molecular weight is 366 g/mol. The van der Waals surface area contributed by atoms with Gasteiger partial charge in [-0.2, -0.15) is 0 Å². The molecule has 0 amide bonds. The second-order valence-electron chi connectivity index (χ2n) is 5.26. The van der Waals surface area contributed by atoms with Crippen molar-refractivity contribution < 1.29 is 13.2 Å². The molecule has 108 valence electrons. The molecule has 1 aliphatic heterocycles. The normalized spacial score (nSPS) is 25.2. The van der Waals surface area contributed by atoms with Gasteiger partial charge in [0.1, 0.15) is 16.7 Å². The standard InChI is InChI=1S/C15H12BrNO3S/c16-10-5-6-14-13(8-10)20-15-11-4-2-1-3-9(11)7-12(15)17-21(14,18)19/h1-6,8,12,15,17H,7H2/t12-,15-/m1/s1.